The summed E-state index contributed by atoms with van der Waals surface area (Å²) in [6.45, 7) is 0.592. The summed E-state index contributed by atoms with van der Waals surface area (Å²) in [5, 5.41) is 10.0. The molecule has 1 N–H and O–H groups in total. The molecule has 0 radical (unpaired) electrons. The Hall–Kier alpha value is -2.41. The molecule has 1 atom stereocenters. The standard InChI is InChI=1S/C21H15Cl2N5S/c22-14-6-5-11(9-15(14)23)10-24-19-17-16-12-3-1-4-13(12)18(16)29-20(17)27-21(26-19)28-8-2-7-25-28/h2-3,5-9,13H,1,4,10H2,(H,24,26,27). The van der Waals surface area contributed by atoms with Gasteiger partial charge >= 0.3 is 0 Å². The summed E-state index contributed by atoms with van der Waals surface area (Å²) in [6, 6.07) is 7.53. The highest BCUT2D eigenvalue weighted by Crippen LogP contribution is 2.59. The lowest BCUT2D eigenvalue weighted by Gasteiger charge is -2.26. The molecular formula is C21H15Cl2N5S. The minimum atomic E-state index is 0.551. The number of hydrogen-bond donors (Lipinski definition) is 1. The van der Waals surface area contributed by atoms with E-state index in [0.717, 1.165) is 28.0 Å². The van der Waals surface area contributed by atoms with E-state index >= 15 is 0 Å². The molecule has 0 amide bonds. The van der Waals surface area contributed by atoms with E-state index in [-0.39, 0.29) is 0 Å². The van der Waals surface area contributed by atoms with Crippen molar-refractivity contribution in [2.45, 2.75) is 25.3 Å². The Labute approximate surface area is 181 Å². The normalized spacial score (nSPS) is 17.0. The van der Waals surface area contributed by atoms with Crippen molar-refractivity contribution in [3.8, 4) is 5.95 Å². The summed E-state index contributed by atoms with van der Waals surface area (Å²) in [6.07, 6.45) is 8.32. The van der Waals surface area contributed by atoms with Gasteiger partial charge in [-0.15, -0.1) is 11.3 Å². The first-order valence-corrected chi connectivity index (χ1v) is 11.0. The summed E-state index contributed by atoms with van der Waals surface area (Å²) in [7, 11) is 0. The van der Waals surface area contributed by atoms with Gasteiger partial charge in [0.15, 0.2) is 0 Å². The van der Waals surface area contributed by atoms with Crippen LogP contribution in [-0.4, -0.2) is 19.7 Å². The molecule has 0 spiro atoms. The number of allylic oxidation sites excluding steroid dienone is 2. The van der Waals surface area contributed by atoms with Gasteiger partial charge in [-0.25, -0.2) is 4.68 Å². The van der Waals surface area contributed by atoms with Crippen molar-refractivity contribution >= 4 is 56.1 Å². The number of halogens is 2. The van der Waals surface area contributed by atoms with Crippen LogP contribution in [0.4, 0.5) is 5.82 Å². The van der Waals surface area contributed by atoms with E-state index in [9.17, 15) is 0 Å². The van der Waals surface area contributed by atoms with Crippen LogP contribution in [0.3, 0.4) is 0 Å². The van der Waals surface area contributed by atoms with Gasteiger partial charge in [-0.1, -0.05) is 35.3 Å². The summed E-state index contributed by atoms with van der Waals surface area (Å²) >= 11 is 14.0. The van der Waals surface area contributed by atoms with Crippen molar-refractivity contribution in [3.63, 3.8) is 0 Å². The smallest absolute Gasteiger partial charge is 0.253 e. The van der Waals surface area contributed by atoms with Crippen molar-refractivity contribution in [3.05, 3.63) is 68.8 Å². The summed E-state index contributed by atoms with van der Waals surface area (Å²) < 4.78 is 1.70. The molecule has 3 heterocycles. The maximum absolute atomic E-state index is 6.18. The molecule has 0 aliphatic heterocycles. The Morgan fingerprint density at radius 3 is 2.97 bits per heavy atom. The van der Waals surface area contributed by atoms with Crippen molar-refractivity contribution in [1.29, 1.82) is 0 Å². The van der Waals surface area contributed by atoms with Gasteiger partial charge in [-0.3, -0.25) is 0 Å². The zero-order valence-corrected chi connectivity index (χ0v) is 17.5. The lowest BCUT2D eigenvalue weighted by Crippen LogP contribution is -2.11. The molecule has 2 aliphatic rings. The van der Waals surface area contributed by atoms with Crippen LogP contribution in [0.15, 0.2) is 42.7 Å². The number of anilines is 1. The fraction of sp³-hybridized carbons (Fsp3) is 0.190. The highest BCUT2D eigenvalue weighted by molar-refractivity contribution is 7.19. The number of fused-ring (bicyclic) bond motifs is 6. The van der Waals surface area contributed by atoms with Crippen LogP contribution in [-0.2, 0) is 6.54 Å². The average Bonchev–Trinajstić information content (AvgIpc) is 3.44. The average molecular weight is 440 g/mol. The van der Waals surface area contributed by atoms with Gasteiger partial charge in [-0.05, 0) is 42.2 Å². The molecule has 3 aromatic heterocycles. The fourth-order valence-electron chi connectivity index (χ4n) is 4.17. The van der Waals surface area contributed by atoms with Crippen molar-refractivity contribution < 1.29 is 0 Å². The maximum Gasteiger partial charge on any atom is 0.253 e. The third-order valence-electron chi connectivity index (χ3n) is 5.52. The van der Waals surface area contributed by atoms with Crippen molar-refractivity contribution in [1.82, 2.24) is 19.7 Å². The van der Waals surface area contributed by atoms with Gasteiger partial charge < -0.3 is 5.32 Å². The van der Waals surface area contributed by atoms with Gasteiger partial charge in [0.2, 0.25) is 0 Å². The molecule has 29 heavy (non-hydrogen) atoms. The Kier molecular flexibility index (Phi) is 3.94. The number of aromatic nitrogens is 4. The first-order valence-electron chi connectivity index (χ1n) is 9.41. The SMILES string of the molecule is Clc1ccc(CNc2nc(-n3cccn3)nc3sc4c(c23)C2=CCCC24)cc1Cl. The monoisotopic (exact) mass is 439 g/mol. The Morgan fingerprint density at radius 2 is 2.14 bits per heavy atom. The van der Waals surface area contributed by atoms with E-state index in [4.69, 9.17) is 33.2 Å². The number of benzene rings is 1. The largest absolute Gasteiger partial charge is 0.365 e. The number of nitrogens with one attached hydrogen (secondary N) is 1. The predicted octanol–water partition coefficient (Wildman–Crippen LogP) is 6.07. The van der Waals surface area contributed by atoms with Crippen LogP contribution >= 0.6 is 34.5 Å². The molecule has 6 rings (SSSR count). The molecule has 2 aliphatic carbocycles. The van der Waals surface area contributed by atoms with E-state index in [2.05, 4.69) is 16.5 Å². The third-order valence-corrected chi connectivity index (χ3v) is 7.46. The third kappa shape index (κ3) is 2.70. The number of hydrogen-bond acceptors (Lipinski definition) is 5. The quantitative estimate of drug-likeness (QED) is 0.419. The second kappa shape index (κ2) is 6.55. The number of thiophene rings is 1. The van der Waals surface area contributed by atoms with Gasteiger partial charge in [0.05, 0.1) is 15.4 Å². The van der Waals surface area contributed by atoms with E-state index in [1.54, 1.807) is 22.2 Å². The van der Waals surface area contributed by atoms with Crippen LogP contribution in [0.25, 0.3) is 21.7 Å². The molecule has 0 saturated heterocycles. The molecule has 0 fully saturated rings. The molecule has 144 valence electrons. The molecular weight excluding hydrogens is 425 g/mol. The zero-order chi connectivity index (χ0) is 19.5. The van der Waals surface area contributed by atoms with Gasteiger partial charge in [0, 0.05) is 35.3 Å². The summed E-state index contributed by atoms with van der Waals surface area (Å²) in [5.74, 6) is 1.98. The second-order valence-corrected chi connectivity index (χ2v) is 9.08. The lowest BCUT2D eigenvalue weighted by atomic mass is 9.80. The highest BCUT2D eigenvalue weighted by atomic mass is 35.5. The second-order valence-electron chi connectivity index (χ2n) is 7.24. The van der Waals surface area contributed by atoms with Crippen LogP contribution in [0.1, 0.15) is 34.8 Å². The molecule has 4 aromatic rings. The number of rotatable bonds is 4. The highest BCUT2D eigenvalue weighted by Gasteiger charge is 2.39. The van der Waals surface area contributed by atoms with Crippen LogP contribution in [0.2, 0.25) is 10.0 Å². The molecule has 8 heteroatoms. The maximum atomic E-state index is 6.18. The predicted molar refractivity (Wildman–Crippen MR) is 118 cm³/mol. The van der Waals surface area contributed by atoms with E-state index in [1.807, 2.05) is 30.5 Å². The van der Waals surface area contributed by atoms with Crippen LogP contribution in [0, 0.1) is 0 Å². The van der Waals surface area contributed by atoms with Crippen molar-refractivity contribution in [2.24, 2.45) is 0 Å². The molecule has 1 unspecified atom stereocenters. The topological polar surface area (TPSA) is 55.6 Å². The molecule has 0 bridgehead atoms. The number of nitrogens with zero attached hydrogens (tertiary/aromatic N) is 4. The summed E-state index contributed by atoms with van der Waals surface area (Å²) in [5.41, 5.74) is 3.83. The minimum Gasteiger partial charge on any atom is -0.365 e. The van der Waals surface area contributed by atoms with E-state index in [1.165, 1.54) is 22.4 Å². The Balaban J connectivity index is 1.46. The Morgan fingerprint density at radius 1 is 1.21 bits per heavy atom. The molecule has 1 aromatic carbocycles. The van der Waals surface area contributed by atoms with Crippen molar-refractivity contribution in [2.75, 3.05) is 5.32 Å². The first kappa shape index (κ1) is 17.4. The first-order chi connectivity index (χ1) is 14.2. The van der Waals surface area contributed by atoms with E-state index in [0.29, 0.717) is 28.5 Å². The van der Waals surface area contributed by atoms with Crippen LogP contribution in [0.5, 0.6) is 0 Å². The van der Waals surface area contributed by atoms with E-state index < -0.39 is 0 Å². The lowest BCUT2D eigenvalue weighted by molar-refractivity contribution is 0.797. The van der Waals surface area contributed by atoms with Gasteiger partial charge in [0.1, 0.15) is 10.6 Å². The Bertz CT molecular complexity index is 1290. The minimum absolute atomic E-state index is 0.551. The molecule has 0 saturated carbocycles. The molecule has 5 nitrogen and oxygen atoms in total. The fourth-order valence-corrected chi connectivity index (χ4v) is 5.83. The van der Waals surface area contributed by atoms with Gasteiger partial charge in [0.25, 0.3) is 5.95 Å². The summed E-state index contributed by atoms with van der Waals surface area (Å²) in [4.78, 5) is 12.1. The zero-order valence-electron chi connectivity index (χ0n) is 15.2. The van der Waals surface area contributed by atoms with Crippen LogP contribution < -0.4 is 5.32 Å². The van der Waals surface area contributed by atoms with Gasteiger partial charge in [-0.2, -0.15) is 15.1 Å².